The van der Waals surface area contributed by atoms with Crippen LogP contribution in [0.4, 0.5) is 0 Å². The highest BCUT2D eigenvalue weighted by molar-refractivity contribution is 5.89. The molecule has 0 atom stereocenters. The maximum absolute atomic E-state index is 11.8. The number of carbonyl (C=O) groups is 2. The Labute approximate surface area is 201 Å². The lowest BCUT2D eigenvalue weighted by Gasteiger charge is -2.03. The van der Waals surface area contributed by atoms with Gasteiger partial charge in [0.15, 0.2) is 0 Å². The zero-order valence-electron chi connectivity index (χ0n) is 20.6. The van der Waals surface area contributed by atoms with E-state index < -0.39 is 0 Å². The molecule has 1 aromatic rings. The zero-order valence-corrected chi connectivity index (χ0v) is 20.6. The predicted octanol–water partition coefficient (Wildman–Crippen LogP) is 7.98. The molecule has 0 aliphatic heterocycles. The van der Waals surface area contributed by atoms with E-state index in [1.165, 1.54) is 70.6 Å². The molecule has 1 aromatic carbocycles. The van der Waals surface area contributed by atoms with Gasteiger partial charge in [-0.2, -0.15) is 0 Å². The Kier molecular flexibility index (Phi) is 18.7. The highest BCUT2D eigenvalue weighted by Gasteiger charge is 2.04. The summed E-state index contributed by atoms with van der Waals surface area (Å²) < 4.78 is 10.3. The second-order valence-electron chi connectivity index (χ2n) is 8.45. The largest absolute Gasteiger partial charge is 0.461 e. The summed E-state index contributed by atoms with van der Waals surface area (Å²) in [5.41, 5.74) is 0.525. The smallest absolute Gasteiger partial charge is 0.338 e. The number of esters is 2. The molecule has 0 radical (unpaired) electrons. The molecule has 33 heavy (non-hydrogen) atoms. The molecule has 184 valence electrons. The molecule has 0 unspecified atom stereocenters. The maximum atomic E-state index is 11.8. The highest BCUT2D eigenvalue weighted by Crippen LogP contribution is 2.10. The molecule has 0 bridgehead atoms. The minimum atomic E-state index is -0.360. The number of rotatable bonds is 20. The van der Waals surface area contributed by atoms with Crippen LogP contribution in [-0.2, 0) is 14.3 Å². The number of carbonyl (C=O) groups excluding carboxylic acids is 2. The second kappa shape index (κ2) is 21.5. The van der Waals surface area contributed by atoms with Crippen LogP contribution in [0.3, 0.4) is 0 Å². The van der Waals surface area contributed by atoms with Crippen molar-refractivity contribution < 1.29 is 19.1 Å². The number of allylic oxidation sites excluding steroid dienone is 2. The van der Waals surface area contributed by atoms with Crippen molar-refractivity contribution in [2.75, 3.05) is 13.2 Å². The molecule has 0 saturated heterocycles. The van der Waals surface area contributed by atoms with Gasteiger partial charge in [0, 0.05) is 6.42 Å². The van der Waals surface area contributed by atoms with Crippen molar-refractivity contribution >= 4 is 11.9 Å². The van der Waals surface area contributed by atoms with Gasteiger partial charge in [0.25, 0.3) is 0 Å². The normalized spacial score (nSPS) is 11.3. The summed E-state index contributed by atoms with van der Waals surface area (Å²) in [7, 11) is 0. The fourth-order valence-electron chi connectivity index (χ4n) is 3.47. The fraction of sp³-hybridized carbons (Fsp3) is 0.586. The molecule has 0 saturated carbocycles. The Bertz CT molecular complexity index is 663. The Morgan fingerprint density at radius 1 is 0.667 bits per heavy atom. The second-order valence-corrected chi connectivity index (χ2v) is 8.45. The number of benzene rings is 1. The van der Waals surface area contributed by atoms with Crippen LogP contribution in [0.1, 0.15) is 107 Å². The van der Waals surface area contributed by atoms with Crippen molar-refractivity contribution in [1.82, 2.24) is 0 Å². The summed E-state index contributed by atoms with van der Waals surface area (Å²) in [6.45, 7) is 2.64. The van der Waals surface area contributed by atoms with E-state index in [4.69, 9.17) is 9.47 Å². The van der Waals surface area contributed by atoms with E-state index in [-0.39, 0.29) is 25.2 Å². The van der Waals surface area contributed by atoms with Gasteiger partial charge < -0.3 is 9.47 Å². The zero-order chi connectivity index (χ0) is 23.8. The third kappa shape index (κ3) is 17.8. The van der Waals surface area contributed by atoms with Gasteiger partial charge in [0.2, 0.25) is 0 Å². The van der Waals surface area contributed by atoms with Crippen molar-refractivity contribution in [3.05, 3.63) is 60.2 Å². The SMILES string of the molecule is CCCCCCCC/C=C\CCCCCCCC(=O)OCC=CCOC(=O)c1ccccc1. The minimum Gasteiger partial charge on any atom is -0.461 e. The molecule has 0 heterocycles. The highest BCUT2D eigenvalue weighted by atomic mass is 16.5. The molecule has 0 fully saturated rings. The quantitative estimate of drug-likeness (QED) is 0.113. The van der Waals surface area contributed by atoms with Gasteiger partial charge in [-0.3, -0.25) is 4.79 Å². The van der Waals surface area contributed by atoms with Gasteiger partial charge in [-0.05, 0) is 56.4 Å². The first-order chi connectivity index (χ1) is 16.2. The Morgan fingerprint density at radius 3 is 1.85 bits per heavy atom. The van der Waals surface area contributed by atoms with E-state index in [2.05, 4.69) is 19.1 Å². The fourth-order valence-corrected chi connectivity index (χ4v) is 3.47. The number of hydrogen-bond acceptors (Lipinski definition) is 4. The number of unbranched alkanes of at least 4 members (excludes halogenated alkanes) is 11. The molecule has 4 heteroatoms. The Morgan fingerprint density at radius 2 is 1.21 bits per heavy atom. The topological polar surface area (TPSA) is 52.6 Å². The minimum absolute atomic E-state index is 0.166. The van der Waals surface area contributed by atoms with E-state index in [0.717, 1.165) is 12.8 Å². The molecular formula is C29H44O4. The summed E-state index contributed by atoms with van der Waals surface area (Å²) in [6.07, 6.45) is 24.7. The van der Waals surface area contributed by atoms with Gasteiger partial charge >= 0.3 is 11.9 Å². The predicted molar refractivity (Wildman–Crippen MR) is 136 cm³/mol. The standard InChI is InChI=1S/C29H44O4/c1-2-3-4-5-6-7-8-9-10-11-12-13-14-15-19-24-28(30)32-25-20-21-26-33-29(31)27-22-17-16-18-23-27/h9-10,16-18,20-23H,2-8,11-15,19,24-26H2,1H3/b10-9-,21-20?. The van der Waals surface area contributed by atoms with Gasteiger partial charge in [-0.15, -0.1) is 0 Å². The number of hydrogen-bond donors (Lipinski definition) is 0. The van der Waals surface area contributed by atoms with Crippen molar-refractivity contribution in [2.24, 2.45) is 0 Å². The van der Waals surface area contributed by atoms with E-state index in [0.29, 0.717) is 12.0 Å². The van der Waals surface area contributed by atoms with E-state index in [1.807, 2.05) is 6.07 Å². The summed E-state index contributed by atoms with van der Waals surface area (Å²) in [5, 5.41) is 0. The van der Waals surface area contributed by atoms with Crippen molar-refractivity contribution in [3.8, 4) is 0 Å². The van der Waals surface area contributed by atoms with Crippen molar-refractivity contribution in [2.45, 2.75) is 96.8 Å². The van der Waals surface area contributed by atoms with Crippen LogP contribution >= 0.6 is 0 Å². The Balaban J connectivity index is 1.86. The molecule has 0 spiro atoms. The van der Waals surface area contributed by atoms with Crippen LogP contribution < -0.4 is 0 Å². The summed E-state index contributed by atoms with van der Waals surface area (Å²) in [6, 6.07) is 8.86. The van der Waals surface area contributed by atoms with Crippen LogP contribution in [0.15, 0.2) is 54.6 Å². The van der Waals surface area contributed by atoms with Crippen LogP contribution in [0.25, 0.3) is 0 Å². The van der Waals surface area contributed by atoms with E-state index >= 15 is 0 Å². The van der Waals surface area contributed by atoms with Gasteiger partial charge in [0.1, 0.15) is 13.2 Å². The summed E-state index contributed by atoms with van der Waals surface area (Å²) >= 11 is 0. The van der Waals surface area contributed by atoms with Crippen LogP contribution in [0.2, 0.25) is 0 Å². The van der Waals surface area contributed by atoms with E-state index in [9.17, 15) is 9.59 Å². The lowest BCUT2D eigenvalue weighted by atomic mass is 10.1. The first kappa shape index (κ1) is 28.7. The van der Waals surface area contributed by atoms with Crippen LogP contribution in [-0.4, -0.2) is 25.2 Å². The third-order valence-corrected chi connectivity index (χ3v) is 5.47. The lowest BCUT2D eigenvalue weighted by molar-refractivity contribution is -0.142. The summed E-state index contributed by atoms with van der Waals surface area (Å²) in [5.74, 6) is -0.528. The molecule has 1 rings (SSSR count). The van der Waals surface area contributed by atoms with E-state index in [1.54, 1.807) is 36.4 Å². The monoisotopic (exact) mass is 456 g/mol. The molecule has 0 aliphatic rings. The molecular weight excluding hydrogens is 412 g/mol. The first-order valence-electron chi connectivity index (χ1n) is 12.9. The first-order valence-corrected chi connectivity index (χ1v) is 12.9. The molecule has 0 N–H and O–H groups in total. The van der Waals surface area contributed by atoms with Gasteiger partial charge in [-0.1, -0.05) is 88.6 Å². The Hall–Kier alpha value is -2.36. The van der Waals surface area contributed by atoms with Gasteiger partial charge in [-0.25, -0.2) is 4.79 Å². The molecule has 4 nitrogen and oxygen atoms in total. The summed E-state index contributed by atoms with van der Waals surface area (Å²) in [4.78, 5) is 23.5. The maximum Gasteiger partial charge on any atom is 0.338 e. The molecule has 0 amide bonds. The lowest BCUT2D eigenvalue weighted by Crippen LogP contribution is -2.06. The van der Waals surface area contributed by atoms with Crippen LogP contribution in [0, 0.1) is 0 Å². The molecule has 0 aromatic heterocycles. The van der Waals surface area contributed by atoms with Crippen molar-refractivity contribution in [3.63, 3.8) is 0 Å². The average Bonchev–Trinajstić information content (AvgIpc) is 2.84. The van der Waals surface area contributed by atoms with Gasteiger partial charge in [0.05, 0.1) is 5.56 Å². The van der Waals surface area contributed by atoms with Crippen LogP contribution in [0.5, 0.6) is 0 Å². The third-order valence-electron chi connectivity index (χ3n) is 5.47. The van der Waals surface area contributed by atoms with Crippen molar-refractivity contribution in [1.29, 1.82) is 0 Å². The molecule has 0 aliphatic carbocycles. The average molecular weight is 457 g/mol. The number of ether oxygens (including phenoxy) is 2.